The zero-order valence-corrected chi connectivity index (χ0v) is 12.8. The number of benzene rings is 1. The monoisotopic (exact) mass is 352 g/mol. The topological polar surface area (TPSA) is 18.5 Å². The lowest BCUT2D eigenvalue weighted by molar-refractivity contribution is 0.00229. The summed E-state index contributed by atoms with van der Waals surface area (Å²) in [4.78, 5) is 0. The van der Waals surface area contributed by atoms with E-state index in [1.165, 1.54) is 6.07 Å². The molecule has 19 heavy (non-hydrogen) atoms. The smallest absolute Gasteiger partial charge is 0.169 e. The second kappa shape index (κ2) is 6.41. The SMILES string of the molecule is Fc1cc(F)c(OCC2(CS)CCOCC2)c(Br)c1. The van der Waals surface area contributed by atoms with Gasteiger partial charge >= 0.3 is 0 Å². The standard InChI is InChI=1S/C13H15BrF2O2S/c14-10-5-9(15)6-11(16)12(10)18-7-13(8-19)1-3-17-4-2-13/h5-6,19H,1-4,7-8H2. The van der Waals surface area contributed by atoms with Crippen LogP contribution in [0.3, 0.4) is 0 Å². The number of ether oxygens (including phenoxy) is 2. The summed E-state index contributed by atoms with van der Waals surface area (Å²) in [6, 6.07) is 2.01. The van der Waals surface area contributed by atoms with Gasteiger partial charge in [-0.15, -0.1) is 0 Å². The van der Waals surface area contributed by atoms with Gasteiger partial charge in [-0.05, 0) is 40.6 Å². The van der Waals surface area contributed by atoms with Crippen molar-refractivity contribution in [1.82, 2.24) is 0 Å². The minimum atomic E-state index is -0.701. The van der Waals surface area contributed by atoms with Crippen molar-refractivity contribution in [2.75, 3.05) is 25.6 Å². The summed E-state index contributed by atoms with van der Waals surface area (Å²) in [6.07, 6.45) is 1.66. The van der Waals surface area contributed by atoms with Gasteiger partial charge in [0, 0.05) is 24.7 Å². The van der Waals surface area contributed by atoms with Gasteiger partial charge < -0.3 is 9.47 Å². The van der Waals surface area contributed by atoms with Gasteiger partial charge in [0.25, 0.3) is 0 Å². The van der Waals surface area contributed by atoms with Crippen LogP contribution in [0, 0.1) is 17.0 Å². The number of hydrogen-bond donors (Lipinski definition) is 1. The van der Waals surface area contributed by atoms with Crippen molar-refractivity contribution in [3.63, 3.8) is 0 Å². The van der Waals surface area contributed by atoms with E-state index >= 15 is 0 Å². The van der Waals surface area contributed by atoms with Crippen LogP contribution in [0.1, 0.15) is 12.8 Å². The van der Waals surface area contributed by atoms with Crippen LogP contribution in [0.5, 0.6) is 5.75 Å². The molecule has 2 nitrogen and oxygen atoms in total. The third kappa shape index (κ3) is 3.61. The summed E-state index contributed by atoms with van der Waals surface area (Å²) < 4.78 is 37.8. The maximum atomic E-state index is 13.7. The molecule has 6 heteroatoms. The number of thiol groups is 1. The minimum Gasteiger partial charge on any atom is -0.489 e. The Labute approximate surface area is 125 Å². The average molecular weight is 353 g/mol. The van der Waals surface area contributed by atoms with E-state index < -0.39 is 11.6 Å². The summed E-state index contributed by atoms with van der Waals surface area (Å²) in [6.45, 7) is 1.68. The summed E-state index contributed by atoms with van der Waals surface area (Å²) in [5.41, 5.74) is -0.109. The molecule has 0 aromatic heterocycles. The largest absolute Gasteiger partial charge is 0.489 e. The number of halogens is 3. The first-order valence-corrected chi connectivity index (χ1v) is 7.45. The number of hydrogen-bond acceptors (Lipinski definition) is 3. The molecular weight excluding hydrogens is 338 g/mol. The first kappa shape index (κ1) is 15.1. The van der Waals surface area contributed by atoms with E-state index in [0.717, 1.165) is 18.9 Å². The molecule has 1 aliphatic heterocycles. The lowest BCUT2D eigenvalue weighted by atomic mass is 9.83. The van der Waals surface area contributed by atoms with Crippen LogP contribution < -0.4 is 4.74 Å². The summed E-state index contributed by atoms with van der Waals surface area (Å²) >= 11 is 7.48. The van der Waals surface area contributed by atoms with Crippen molar-refractivity contribution < 1.29 is 18.3 Å². The van der Waals surface area contributed by atoms with E-state index in [4.69, 9.17) is 9.47 Å². The Hall–Kier alpha value is -0.330. The van der Waals surface area contributed by atoms with Gasteiger partial charge in [0.2, 0.25) is 0 Å². The Morgan fingerprint density at radius 3 is 2.58 bits per heavy atom. The van der Waals surface area contributed by atoms with Crippen molar-refractivity contribution in [1.29, 1.82) is 0 Å². The third-order valence-electron chi connectivity index (χ3n) is 3.37. The molecule has 1 heterocycles. The zero-order valence-electron chi connectivity index (χ0n) is 10.3. The van der Waals surface area contributed by atoms with Gasteiger partial charge in [-0.1, -0.05) is 0 Å². The molecule has 1 aromatic carbocycles. The third-order valence-corrected chi connectivity index (χ3v) is 4.63. The second-order valence-corrected chi connectivity index (χ2v) is 5.93. The molecule has 0 bridgehead atoms. The lowest BCUT2D eigenvalue weighted by Gasteiger charge is -2.35. The fourth-order valence-corrected chi connectivity index (χ4v) is 2.97. The van der Waals surface area contributed by atoms with Gasteiger partial charge in [0.1, 0.15) is 5.82 Å². The second-order valence-electron chi connectivity index (χ2n) is 4.76. The van der Waals surface area contributed by atoms with Crippen LogP contribution >= 0.6 is 28.6 Å². The van der Waals surface area contributed by atoms with E-state index in [1.54, 1.807) is 0 Å². The molecule has 0 unspecified atom stereocenters. The van der Waals surface area contributed by atoms with Crippen LogP contribution in [-0.4, -0.2) is 25.6 Å². The molecule has 2 rings (SSSR count). The van der Waals surface area contributed by atoms with Gasteiger partial charge in [0.05, 0.1) is 11.1 Å². The van der Waals surface area contributed by atoms with Crippen molar-refractivity contribution in [3.8, 4) is 5.75 Å². The van der Waals surface area contributed by atoms with Crippen molar-refractivity contribution in [2.45, 2.75) is 12.8 Å². The molecule has 0 spiro atoms. The zero-order chi connectivity index (χ0) is 13.9. The first-order valence-electron chi connectivity index (χ1n) is 6.02. The van der Waals surface area contributed by atoms with Crippen LogP contribution in [0.15, 0.2) is 16.6 Å². The highest BCUT2D eigenvalue weighted by molar-refractivity contribution is 9.10. The lowest BCUT2D eigenvalue weighted by Crippen LogP contribution is -2.37. The normalized spacial score (nSPS) is 18.3. The Kier molecular flexibility index (Phi) is 5.09. The molecule has 1 saturated heterocycles. The fraction of sp³-hybridized carbons (Fsp3) is 0.538. The maximum absolute atomic E-state index is 13.7. The van der Waals surface area contributed by atoms with E-state index in [-0.39, 0.29) is 15.6 Å². The Balaban J connectivity index is 2.09. The predicted molar refractivity (Wildman–Crippen MR) is 75.9 cm³/mol. The van der Waals surface area contributed by atoms with Gasteiger partial charge in [0.15, 0.2) is 11.6 Å². The van der Waals surface area contributed by atoms with Crippen LogP contribution in [-0.2, 0) is 4.74 Å². The molecule has 0 saturated carbocycles. The van der Waals surface area contributed by atoms with E-state index in [2.05, 4.69) is 28.6 Å². The van der Waals surface area contributed by atoms with E-state index in [0.29, 0.717) is 25.6 Å². The van der Waals surface area contributed by atoms with Crippen molar-refractivity contribution >= 4 is 28.6 Å². The highest BCUT2D eigenvalue weighted by Crippen LogP contribution is 2.35. The van der Waals surface area contributed by atoms with Gasteiger partial charge in [-0.25, -0.2) is 8.78 Å². The molecular formula is C13H15BrF2O2S. The Morgan fingerprint density at radius 2 is 2.00 bits per heavy atom. The summed E-state index contributed by atoms with van der Waals surface area (Å²) in [7, 11) is 0. The molecule has 0 N–H and O–H groups in total. The van der Waals surface area contributed by atoms with Crippen LogP contribution in [0.4, 0.5) is 8.78 Å². The molecule has 0 radical (unpaired) electrons. The molecule has 0 amide bonds. The molecule has 1 aliphatic rings. The number of rotatable bonds is 4. The molecule has 1 aromatic rings. The Morgan fingerprint density at radius 1 is 1.32 bits per heavy atom. The summed E-state index contributed by atoms with van der Waals surface area (Å²) in [5, 5.41) is 0. The quantitative estimate of drug-likeness (QED) is 0.830. The van der Waals surface area contributed by atoms with Crippen LogP contribution in [0.25, 0.3) is 0 Å². The van der Waals surface area contributed by atoms with E-state index in [1.807, 2.05) is 0 Å². The molecule has 0 atom stereocenters. The van der Waals surface area contributed by atoms with Crippen molar-refractivity contribution in [3.05, 3.63) is 28.2 Å². The first-order chi connectivity index (χ1) is 9.06. The highest BCUT2D eigenvalue weighted by atomic mass is 79.9. The minimum absolute atomic E-state index is 0.0500. The summed E-state index contributed by atoms with van der Waals surface area (Å²) in [5.74, 6) is -0.634. The molecule has 106 valence electrons. The Bertz CT molecular complexity index is 427. The van der Waals surface area contributed by atoms with Gasteiger partial charge in [-0.2, -0.15) is 12.6 Å². The molecule has 0 aliphatic carbocycles. The average Bonchev–Trinajstić information content (AvgIpc) is 2.38. The maximum Gasteiger partial charge on any atom is 0.169 e. The van der Waals surface area contributed by atoms with E-state index in [9.17, 15) is 8.78 Å². The predicted octanol–water partition coefficient (Wildman–Crippen LogP) is 3.83. The van der Waals surface area contributed by atoms with Crippen LogP contribution in [0.2, 0.25) is 0 Å². The van der Waals surface area contributed by atoms with Gasteiger partial charge in [-0.3, -0.25) is 0 Å². The highest BCUT2D eigenvalue weighted by Gasteiger charge is 2.32. The van der Waals surface area contributed by atoms with Crippen molar-refractivity contribution in [2.24, 2.45) is 5.41 Å². The molecule has 1 fully saturated rings. The fourth-order valence-electron chi connectivity index (χ4n) is 2.04.